The van der Waals surface area contributed by atoms with Crippen LogP contribution in [0.3, 0.4) is 0 Å². The molecule has 5 nitrogen and oxygen atoms in total. The molecule has 3 rings (SSSR count). The summed E-state index contributed by atoms with van der Waals surface area (Å²) in [6, 6.07) is 0. The highest BCUT2D eigenvalue weighted by Crippen LogP contribution is 2.28. The average molecular weight is 241 g/mol. The molecule has 0 unspecified atom stereocenters. The van der Waals surface area contributed by atoms with Crippen molar-refractivity contribution in [2.45, 2.75) is 18.8 Å². The first kappa shape index (κ1) is 11.1. The van der Waals surface area contributed by atoms with Crippen LogP contribution in [0.15, 0.2) is 37.3 Å². The van der Waals surface area contributed by atoms with Crippen LogP contribution in [0.5, 0.6) is 0 Å². The third-order valence-corrected chi connectivity index (χ3v) is 3.41. The van der Waals surface area contributed by atoms with Crippen LogP contribution in [-0.4, -0.2) is 33.0 Å². The predicted molar refractivity (Wildman–Crippen MR) is 68.3 cm³/mol. The van der Waals surface area contributed by atoms with Gasteiger partial charge in [0.05, 0.1) is 23.8 Å². The maximum Gasteiger partial charge on any atom is 0.115 e. The van der Waals surface area contributed by atoms with Crippen molar-refractivity contribution in [3.8, 4) is 0 Å². The van der Waals surface area contributed by atoms with E-state index in [4.69, 9.17) is 0 Å². The third-order valence-electron chi connectivity index (χ3n) is 3.41. The third kappa shape index (κ3) is 2.30. The van der Waals surface area contributed by atoms with Gasteiger partial charge in [-0.15, -0.1) is 0 Å². The fourth-order valence-corrected chi connectivity index (χ4v) is 2.41. The number of aromatic nitrogens is 4. The van der Waals surface area contributed by atoms with E-state index in [0.717, 1.165) is 37.3 Å². The Labute approximate surface area is 106 Å². The van der Waals surface area contributed by atoms with Crippen molar-refractivity contribution >= 4 is 5.69 Å². The Balaban J connectivity index is 1.65. The summed E-state index contributed by atoms with van der Waals surface area (Å²) in [4.78, 5) is 19.0. The molecule has 0 atom stereocenters. The van der Waals surface area contributed by atoms with E-state index < -0.39 is 0 Å². The molecule has 0 bridgehead atoms. The molecular weight excluding hydrogens is 226 g/mol. The minimum Gasteiger partial charge on any atom is -0.369 e. The summed E-state index contributed by atoms with van der Waals surface area (Å²) in [6.07, 6.45) is 12.9. The van der Waals surface area contributed by atoms with E-state index in [2.05, 4.69) is 24.8 Å². The van der Waals surface area contributed by atoms with Gasteiger partial charge in [0, 0.05) is 37.6 Å². The summed E-state index contributed by atoms with van der Waals surface area (Å²) >= 11 is 0. The van der Waals surface area contributed by atoms with E-state index in [0.29, 0.717) is 5.92 Å². The lowest BCUT2D eigenvalue weighted by Crippen LogP contribution is -2.33. The van der Waals surface area contributed by atoms with Crippen LogP contribution in [0.1, 0.15) is 24.5 Å². The standard InChI is InChI=1S/C13H15N5/c1-5-18(12-7-15-10-16-8-12)6-2-11(1)13-9-14-3-4-17-13/h3-4,7-11H,1-2,5-6H2. The molecule has 5 heteroatoms. The number of nitrogens with zero attached hydrogens (tertiary/aromatic N) is 5. The van der Waals surface area contributed by atoms with Crippen LogP contribution < -0.4 is 4.90 Å². The molecule has 0 saturated carbocycles. The van der Waals surface area contributed by atoms with Crippen molar-refractivity contribution in [2.75, 3.05) is 18.0 Å². The Bertz CT molecular complexity index is 432. The molecule has 1 aliphatic rings. The van der Waals surface area contributed by atoms with Crippen molar-refractivity contribution in [3.63, 3.8) is 0 Å². The lowest BCUT2D eigenvalue weighted by Gasteiger charge is -2.32. The number of anilines is 1. The lowest BCUT2D eigenvalue weighted by atomic mass is 9.93. The van der Waals surface area contributed by atoms with Gasteiger partial charge in [-0.1, -0.05) is 0 Å². The van der Waals surface area contributed by atoms with Crippen LogP contribution in [0, 0.1) is 0 Å². The zero-order chi connectivity index (χ0) is 12.2. The van der Waals surface area contributed by atoms with Crippen molar-refractivity contribution in [3.05, 3.63) is 43.0 Å². The highest BCUT2D eigenvalue weighted by Gasteiger charge is 2.21. The van der Waals surface area contributed by atoms with Gasteiger partial charge in [-0.05, 0) is 12.8 Å². The van der Waals surface area contributed by atoms with Gasteiger partial charge in [-0.2, -0.15) is 0 Å². The quantitative estimate of drug-likeness (QED) is 0.800. The highest BCUT2D eigenvalue weighted by atomic mass is 15.1. The fraction of sp³-hybridized carbons (Fsp3) is 0.385. The number of rotatable bonds is 2. The first-order chi connectivity index (χ1) is 8.93. The molecule has 18 heavy (non-hydrogen) atoms. The molecule has 0 spiro atoms. The minimum absolute atomic E-state index is 0.527. The molecule has 0 aliphatic carbocycles. The normalized spacial score (nSPS) is 16.8. The lowest BCUT2D eigenvalue weighted by molar-refractivity contribution is 0.494. The monoisotopic (exact) mass is 241 g/mol. The Hall–Kier alpha value is -2.04. The van der Waals surface area contributed by atoms with E-state index in [1.54, 1.807) is 18.7 Å². The van der Waals surface area contributed by atoms with Gasteiger partial charge in [-0.25, -0.2) is 9.97 Å². The summed E-state index contributed by atoms with van der Waals surface area (Å²) in [7, 11) is 0. The Morgan fingerprint density at radius 3 is 2.39 bits per heavy atom. The van der Waals surface area contributed by atoms with Crippen LogP contribution in [0.4, 0.5) is 5.69 Å². The summed E-state index contributed by atoms with van der Waals surface area (Å²) in [5.74, 6) is 0.527. The molecule has 3 heterocycles. The highest BCUT2D eigenvalue weighted by molar-refractivity contribution is 5.42. The second kappa shape index (κ2) is 5.08. The van der Waals surface area contributed by atoms with Gasteiger partial charge in [0.1, 0.15) is 6.33 Å². The molecule has 0 N–H and O–H groups in total. The SMILES string of the molecule is c1cnc(C2CCN(c3cncnc3)CC2)cn1. The Morgan fingerprint density at radius 1 is 0.944 bits per heavy atom. The van der Waals surface area contributed by atoms with Crippen LogP contribution in [0.25, 0.3) is 0 Å². The summed E-state index contributed by atoms with van der Waals surface area (Å²) in [6.45, 7) is 2.04. The minimum atomic E-state index is 0.527. The molecule has 1 saturated heterocycles. The molecule has 0 radical (unpaired) electrons. The van der Waals surface area contributed by atoms with Gasteiger partial charge < -0.3 is 4.90 Å². The van der Waals surface area contributed by atoms with Gasteiger partial charge in [0.25, 0.3) is 0 Å². The van der Waals surface area contributed by atoms with E-state index in [1.165, 1.54) is 0 Å². The largest absolute Gasteiger partial charge is 0.369 e. The molecule has 1 fully saturated rings. The van der Waals surface area contributed by atoms with Crippen LogP contribution >= 0.6 is 0 Å². The van der Waals surface area contributed by atoms with E-state index in [1.807, 2.05) is 18.6 Å². The molecule has 0 amide bonds. The maximum absolute atomic E-state index is 4.39. The first-order valence-electron chi connectivity index (χ1n) is 6.19. The summed E-state index contributed by atoms with van der Waals surface area (Å²) < 4.78 is 0. The van der Waals surface area contributed by atoms with Gasteiger partial charge >= 0.3 is 0 Å². The molecular formula is C13H15N5. The topological polar surface area (TPSA) is 54.8 Å². The van der Waals surface area contributed by atoms with Gasteiger partial charge in [0.2, 0.25) is 0 Å². The van der Waals surface area contributed by atoms with Crippen molar-refractivity contribution in [1.29, 1.82) is 0 Å². The van der Waals surface area contributed by atoms with E-state index >= 15 is 0 Å². The second-order valence-corrected chi connectivity index (χ2v) is 4.49. The fourth-order valence-electron chi connectivity index (χ4n) is 2.41. The van der Waals surface area contributed by atoms with Gasteiger partial charge in [-0.3, -0.25) is 9.97 Å². The number of hydrogen-bond donors (Lipinski definition) is 0. The zero-order valence-electron chi connectivity index (χ0n) is 10.1. The molecule has 0 aromatic carbocycles. The van der Waals surface area contributed by atoms with Crippen LogP contribution in [-0.2, 0) is 0 Å². The number of piperidine rings is 1. The zero-order valence-corrected chi connectivity index (χ0v) is 10.1. The molecule has 2 aromatic heterocycles. The average Bonchev–Trinajstić information content (AvgIpc) is 2.49. The second-order valence-electron chi connectivity index (χ2n) is 4.49. The van der Waals surface area contributed by atoms with Crippen molar-refractivity contribution < 1.29 is 0 Å². The smallest absolute Gasteiger partial charge is 0.115 e. The molecule has 92 valence electrons. The van der Waals surface area contributed by atoms with Crippen molar-refractivity contribution in [2.24, 2.45) is 0 Å². The van der Waals surface area contributed by atoms with E-state index in [9.17, 15) is 0 Å². The number of hydrogen-bond acceptors (Lipinski definition) is 5. The Morgan fingerprint density at radius 2 is 1.72 bits per heavy atom. The van der Waals surface area contributed by atoms with E-state index in [-0.39, 0.29) is 0 Å². The van der Waals surface area contributed by atoms with Gasteiger partial charge in [0.15, 0.2) is 0 Å². The maximum atomic E-state index is 4.39. The Kier molecular flexibility index (Phi) is 3.12. The molecule has 1 aliphatic heterocycles. The summed E-state index contributed by atoms with van der Waals surface area (Å²) in [5.41, 5.74) is 2.22. The summed E-state index contributed by atoms with van der Waals surface area (Å²) in [5, 5.41) is 0. The predicted octanol–water partition coefficient (Wildman–Crippen LogP) is 1.65. The van der Waals surface area contributed by atoms with Crippen molar-refractivity contribution in [1.82, 2.24) is 19.9 Å². The van der Waals surface area contributed by atoms with Crippen LogP contribution in [0.2, 0.25) is 0 Å². The molecule has 2 aromatic rings. The first-order valence-corrected chi connectivity index (χ1v) is 6.19.